The Morgan fingerprint density at radius 1 is 1.00 bits per heavy atom. The quantitative estimate of drug-likeness (QED) is 0.777. The highest BCUT2D eigenvalue weighted by molar-refractivity contribution is 5.28. The van der Waals surface area contributed by atoms with E-state index in [1.165, 1.54) is 0 Å². The molecule has 1 aromatic carbocycles. The molecule has 2 nitrogen and oxygen atoms in total. The highest BCUT2D eigenvalue weighted by Gasteiger charge is 2.06. The number of rotatable bonds is 7. The fraction of sp³-hybridized carbons (Fsp3) is 0.600. The van der Waals surface area contributed by atoms with Gasteiger partial charge in [-0.2, -0.15) is 0 Å². The summed E-state index contributed by atoms with van der Waals surface area (Å²) in [6, 6.07) is 7.76. The molecular weight excluding hydrogens is 212 g/mol. The molecule has 0 heterocycles. The molecule has 0 bridgehead atoms. The third kappa shape index (κ3) is 4.39. The van der Waals surface area contributed by atoms with Crippen LogP contribution in [0.3, 0.4) is 0 Å². The number of benzene rings is 1. The average molecular weight is 236 g/mol. The maximum absolute atomic E-state index is 9.67. The molecule has 0 fully saturated rings. The molecule has 0 unspecified atom stereocenters. The molecule has 1 aromatic rings. The van der Waals surface area contributed by atoms with Crippen LogP contribution in [0.2, 0.25) is 0 Å². The minimum Gasteiger partial charge on any atom is -0.493 e. The van der Waals surface area contributed by atoms with Crippen LogP contribution in [0.15, 0.2) is 24.3 Å². The van der Waals surface area contributed by atoms with Crippen LogP contribution < -0.4 is 4.74 Å². The summed E-state index contributed by atoms with van der Waals surface area (Å²) in [6.07, 6.45) is 2.70. The van der Waals surface area contributed by atoms with Crippen LogP contribution in [0.4, 0.5) is 0 Å². The highest BCUT2D eigenvalue weighted by Crippen LogP contribution is 2.20. The molecule has 0 saturated carbocycles. The van der Waals surface area contributed by atoms with Gasteiger partial charge in [0, 0.05) is 0 Å². The summed E-state index contributed by atoms with van der Waals surface area (Å²) in [4.78, 5) is 0. The van der Waals surface area contributed by atoms with E-state index in [0.29, 0.717) is 5.92 Å². The molecule has 0 aliphatic carbocycles. The van der Waals surface area contributed by atoms with E-state index in [0.717, 1.165) is 37.2 Å². The lowest BCUT2D eigenvalue weighted by Gasteiger charge is -2.14. The van der Waals surface area contributed by atoms with Crippen molar-refractivity contribution in [1.29, 1.82) is 0 Å². The molecule has 0 aromatic heterocycles. The molecule has 2 heteroatoms. The van der Waals surface area contributed by atoms with E-state index >= 15 is 0 Å². The number of aliphatic hydroxyl groups is 1. The maximum Gasteiger partial charge on any atom is 0.119 e. The van der Waals surface area contributed by atoms with Crippen LogP contribution in [0.1, 0.15) is 51.7 Å². The van der Waals surface area contributed by atoms with Crippen molar-refractivity contribution in [1.82, 2.24) is 0 Å². The molecular formula is C15H24O2. The van der Waals surface area contributed by atoms with Crippen molar-refractivity contribution in [3.8, 4) is 5.75 Å². The molecule has 1 atom stereocenters. The van der Waals surface area contributed by atoms with Gasteiger partial charge in [0.15, 0.2) is 0 Å². The van der Waals surface area contributed by atoms with E-state index < -0.39 is 0 Å². The Hall–Kier alpha value is -1.02. The second kappa shape index (κ2) is 7.33. The van der Waals surface area contributed by atoms with Crippen LogP contribution in [0.25, 0.3) is 0 Å². The second-order valence-electron chi connectivity index (χ2n) is 4.49. The lowest BCUT2D eigenvalue weighted by molar-refractivity contribution is 0.173. The number of aliphatic hydroxyl groups excluding tert-OH is 1. The van der Waals surface area contributed by atoms with Crippen molar-refractivity contribution in [2.45, 2.75) is 46.1 Å². The van der Waals surface area contributed by atoms with Crippen LogP contribution >= 0.6 is 0 Å². The van der Waals surface area contributed by atoms with Gasteiger partial charge < -0.3 is 9.84 Å². The maximum atomic E-state index is 9.67. The fourth-order valence-electron chi connectivity index (χ4n) is 1.76. The number of ether oxygens (including phenoxy) is 1. The minimum atomic E-state index is -0.358. The smallest absolute Gasteiger partial charge is 0.119 e. The summed E-state index contributed by atoms with van der Waals surface area (Å²) in [7, 11) is 0. The van der Waals surface area contributed by atoms with Gasteiger partial charge in [-0.05, 0) is 30.0 Å². The SMILES string of the molecule is CCC(CC)COc1ccc([C@H](O)CC)cc1. The Bertz CT molecular complexity index is 301. The standard InChI is InChI=1S/C15H24O2/c1-4-12(5-2)11-17-14-9-7-13(8-10-14)15(16)6-3/h7-10,12,15-16H,4-6,11H2,1-3H3/t15-/m1/s1. The van der Waals surface area contributed by atoms with Gasteiger partial charge in [-0.25, -0.2) is 0 Å². The summed E-state index contributed by atoms with van der Waals surface area (Å²) in [5.74, 6) is 1.53. The van der Waals surface area contributed by atoms with Crippen molar-refractivity contribution in [3.05, 3.63) is 29.8 Å². The van der Waals surface area contributed by atoms with Gasteiger partial charge in [-0.15, -0.1) is 0 Å². The van der Waals surface area contributed by atoms with Crippen LogP contribution in [-0.4, -0.2) is 11.7 Å². The summed E-state index contributed by atoms with van der Waals surface area (Å²) >= 11 is 0. The van der Waals surface area contributed by atoms with Crippen molar-refractivity contribution in [2.24, 2.45) is 5.92 Å². The van der Waals surface area contributed by atoms with Crippen LogP contribution in [0.5, 0.6) is 5.75 Å². The predicted octanol–water partition coefficient (Wildman–Crippen LogP) is 3.95. The van der Waals surface area contributed by atoms with E-state index in [2.05, 4.69) is 13.8 Å². The zero-order chi connectivity index (χ0) is 12.7. The third-order valence-corrected chi connectivity index (χ3v) is 3.29. The highest BCUT2D eigenvalue weighted by atomic mass is 16.5. The first-order valence-corrected chi connectivity index (χ1v) is 6.62. The van der Waals surface area contributed by atoms with Crippen molar-refractivity contribution < 1.29 is 9.84 Å². The summed E-state index contributed by atoms with van der Waals surface area (Å²) in [5, 5.41) is 9.67. The van der Waals surface area contributed by atoms with Gasteiger partial charge in [-0.3, -0.25) is 0 Å². The molecule has 0 saturated heterocycles. The summed E-state index contributed by atoms with van der Waals surface area (Å²) in [6.45, 7) is 7.14. The summed E-state index contributed by atoms with van der Waals surface area (Å²) in [5.41, 5.74) is 0.961. The van der Waals surface area contributed by atoms with E-state index in [-0.39, 0.29) is 6.10 Å². The van der Waals surface area contributed by atoms with Crippen molar-refractivity contribution in [2.75, 3.05) is 6.61 Å². The third-order valence-electron chi connectivity index (χ3n) is 3.29. The van der Waals surface area contributed by atoms with E-state index in [9.17, 15) is 5.11 Å². The van der Waals surface area contributed by atoms with E-state index in [4.69, 9.17) is 4.74 Å². The monoisotopic (exact) mass is 236 g/mol. The topological polar surface area (TPSA) is 29.5 Å². The number of hydrogen-bond donors (Lipinski definition) is 1. The minimum absolute atomic E-state index is 0.358. The second-order valence-corrected chi connectivity index (χ2v) is 4.49. The van der Waals surface area contributed by atoms with Crippen LogP contribution in [0, 0.1) is 5.92 Å². The largest absolute Gasteiger partial charge is 0.493 e. The molecule has 0 radical (unpaired) electrons. The zero-order valence-electron chi connectivity index (χ0n) is 11.1. The van der Waals surface area contributed by atoms with Gasteiger partial charge in [0.2, 0.25) is 0 Å². The van der Waals surface area contributed by atoms with E-state index in [1.807, 2.05) is 31.2 Å². The van der Waals surface area contributed by atoms with Crippen molar-refractivity contribution in [3.63, 3.8) is 0 Å². The van der Waals surface area contributed by atoms with Crippen molar-refractivity contribution >= 4 is 0 Å². The normalized spacial score (nSPS) is 12.8. The Morgan fingerprint density at radius 3 is 2.06 bits per heavy atom. The molecule has 96 valence electrons. The molecule has 1 N–H and O–H groups in total. The Balaban J connectivity index is 2.50. The fourth-order valence-corrected chi connectivity index (χ4v) is 1.76. The molecule has 0 aliphatic heterocycles. The average Bonchev–Trinajstić information content (AvgIpc) is 2.39. The van der Waals surface area contributed by atoms with Gasteiger partial charge >= 0.3 is 0 Å². The van der Waals surface area contributed by atoms with Gasteiger partial charge in [0.1, 0.15) is 5.75 Å². The molecule has 17 heavy (non-hydrogen) atoms. The molecule has 0 aliphatic rings. The first-order chi connectivity index (χ1) is 8.21. The number of hydrogen-bond acceptors (Lipinski definition) is 2. The van der Waals surface area contributed by atoms with Gasteiger partial charge in [0.05, 0.1) is 12.7 Å². The van der Waals surface area contributed by atoms with Gasteiger partial charge in [0.25, 0.3) is 0 Å². The molecule has 1 rings (SSSR count). The van der Waals surface area contributed by atoms with Gasteiger partial charge in [-0.1, -0.05) is 45.7 Å². The Kier molecular flexibility index (Phi) is 6.06. The first-order valence-electron chi connectivity index (χ1n) is 6.62. The Labute approximate surface area is 105 Å². The zero-order valence-corrected chi connectivity index (χ0v) is 11.1. The Morgan fingerprint density at radius 2 is 1.59 bits per heavy atom. The first kappa shape index (κ1) is 14.0. The lowest BCUT2D eigenvalue weighted by atomic mass is 10.1. The predicted molar refractivity (Wildman–Crippen MR) is 71.3 cm³/mol. The van der Waals surface area contributed by atoms with E-state index in [1.54, 1.807) is 0 Å². The molecule has 0 amide bonds. The molecule has 0 spiro atoms. The van der Waals surface area contributed by atoms with Crippen LogP contribution in [-0.2, 0) is 0 Å². The lowest BCUT2D eigenvalue weighted by Crippen LogP contribution is -2.10. The summed E-state index contributed by atoms with van der Waals surface area (Å²) < 4.78 is 5.74.